The summed E-state index contributed by atoms with van der Waals surface area (Å²) >= 11 is 1.74. The minimum atomic E-state index is 0.105. The summed E-state index contributed by atoms with van der Waals surface area (Å²) in [7, 11) is 0. The number of fused-ring (bicyclic) bond motifs is 1. The average molecular weight is 286 g/mol. The molecule has 0 aliphatic carbocycles. The van der Waals surface area contributed by atoms with E-state index < -0.39 is 0 Å². The second-order valence-corrected chi connectivity index (χ2v) is 6.17. The molecule has 0 aliphatic rings. The number of nitrogens with two attached hydrogens (primary N) is 1. The van der Waals surface area contributed by atoms with Gasteiger partial charge in [0.15, 0.2) is 0 Å². The molecular weight excluding hydrogens is 268 g/mol. The Morgan fingerprint density at radius 2 is 2.20 bits per heavy atom. The molecule has 2 aromatic heterocycles. The number of hydrogen-bond acceptors (Lipinski definition) is 4. The van der Waals surface area contributed by atoms with Gasteiger partial charge >= 0.3 is 0 Å². The van der Waals surface area contributed by atoms with Crippen LogP contribution in [0.3, 0.4) is 0 Å². The molecule has 104 valence electrons. The molecule has 20 heavy (non-hydrogen) atoms. The Bertz CT molecular complexity index is 756. The number of aromatic nitrogens is 3. The summed E-state index contributed by atoms with van der Waals surface area (Å²) in [4.78, 5) is 10.3. The van der Waals surface area contributed by atoms with Crippen molar-refractivity contribution in [3.63, 3.8) is 0 Å². The van der Waals surface area contributed by atoms with Gasteiger partial charge < -0.3 is 10.3 Å². The van der Waals surface area contributed by atoms with Gasteiger partial charge in [-0.2, -0.15) is 0 Å². The van der Waals surface area contributed by atoms with Gasteiger partial charge in [-0.15, -0.1) is 11.3 Å². The Kier molecular flexibility index (Phi) is 3.22. The molecule has 0 spiro atoms. The van der Waals surface area contributed by atoms with Gasteiger partial charge in [-0.05, 0) is 38.0 Å². The first kappa shape index (κ1) is 13.1. The van der Waals surface area contributed by atoms with Crippen molar-refractivity contribution in [2.45, 2.75) is 33.2 Å². The quantitative estimate of drug-likeness (QED) is 0.801. The number of imidazole rings is 1. The van der Waals surface area contributed by atoms with Gasteiger partial charge in [0.25, 0.3) is 0 Å². The minimum Gasteiger partial charge on any atom is -0.369 e. The number of nitrogen functional groups attached to an aromatic ring is 1. The lowest BCUT2D eigenvalue weighted by molar-refractivity contribution is 0.662. The predicted octanol–water partition coefficient (Wildman–Crippen LogP) is 3.56. The Morgan fingerprint density at radius 3 is 2.90 bits per heavy atom. The van der Waals surface area contributed by atoms with E-state index in [1.54, 1.807) is 11.3 Å². The van der Waals surface area contributed by atoms with E-state index in [4.69, 9.17) is 5.73 Å². The topological polar surface area (TPSA) is 56.7 Å². The third-order valence-corrected chi connectivity index (χ3v) is 4.85. The third-order valence-electron chi connectivity index (χ3n) is 3.54. The maximum atomic E-state index is 6.11. The number of nitrogens with zero attached hydrogens (tertiary/aromatic N) is 3. The molecule has 0 aliphatic heterocycles. The normalized spacial score (nSPS) is 12.9. The Morgan fingerprint density at radius 1 is 1.40 bits per heavy atom. The summed E-state index contributed by atoms with van der Waals surface area (Å²) in [5.74, 6) is 0.548. The van der Waals surface area contributed by atoms with Crippen LogP contribution < -0.4 is 5.73 Å². The van der Waals surface area contributed by atoms with Crippen molar-refractivity contribution in [1.82, 2.24) is 14.5 Å². The number of aryl methyl sites for hydroxylation is 2. The van der Waals surface area contributed by atoms with Crippen LogP contribution in [0.2, 0.25) is 0 Å². The van der Waals surface area contributed by atoms with Crippen molar-refractivity contribution in [3.8, 4) is 0 Å². The van der Waals surface area contributed by atoms with Crippen LogP contribution in [0.15, 0.2) is 24.4 Å². The molecule has 1 aromatic carbocycles. The van der Waals surface area contributed by atoms with Crippen LogP contribution in [0.4, 0.5) is 5.95 Å². The monoisotopic (exact) mass is 286 g/mol. The second kappa shape index (κ2) is 4.90. The van der Waals surface area contributed by atoms with E-state index in [1.807, 2.05) is 6.20 Å². The average Bonchev–Trinajstić information content (AvgIpc) is 3.01. The van der Waals surface area contributed by atoms with Crippen molar-refractivity contribution in [2.24, 2.45) is 0 Å². The minimum absolute atomic E-state index is 0.105. The number of benzene rings is 1. The fraction of sp³-hybridized carbons (Fsp3) is 0.333. The van der Waals surface area contributed by atoms with Gasteiger partial charge in [0.2, 0.25) is 5.95 Å². The van der Waals surface area contributed by atoms with Gasteiger partial charge in [-0.3, -0.25) is 0 Å². The van der Waals surface area contributed by atoms with E-state index in [0.29, 0.717) is 5.95 Å². The highest BCUT2D eigenvalue weighted by Crippen LogP contribution is 2.30. The van der Waals surface area contributed by atoms with Crippen LogP contribution in [0, 0.1) is 6.92 Å². The summed E-state index contributed by atoms with van der Waals surface area (Å²) in [6.07, 6.45) is 2.97. The lowest BCUT2D eigenvalue weighted by Gasteiger charge is -2.13. The maximum absolute atomic E-state index is 6.11. The number of anilines is 1. The van der Waals surface area contributed by atoms with E-state index in [0.717, 1.165) is 22.5 Å². The number of thiazole rings is 1. The molecule has 2 heterocycles. The zero-order valence-corrected chi connectivity index (χ0v) is 12.7. The Balaban J connectivity index is 2.11. The first-order valence-electron chi connectivity index (χ1n) is 6.78. The summed E-state index contributed by atoms with van der Waals surface area (Å²) in [6, 6.07) is 6.34. The number of rotatable bonds is 3. The molecule has 1 unspecified atom stereocenters. The Labute approximate surface area is 122 Å². The molecule has 0 fully saturated rings. The second-order valence-electron chi connectivity index (χ2n) is 5.03. The summed E-state index contributed by atoms with van der Waals surface area (Å²) in [5.41, 5.74) is 9.31. The molecule has 3 rings (SSSR count). The Hall–Kier alpha value is -1.88. The van der Waals surface area contributed by atoms with E-state index >= 15 is 0 Å². The fourth-order valence-corrected chi connectivity index (χ4v) is 3.32. The van der Waals surface area contributed by atoms with Crippen LogP contribution in [-0.4, -0.2) is 14.5 Å². The standard InChI is InChI=1S/C15H18N4S/c1-4-11-8-17-14(20-11)10(3)19-13-6-5-9(2)7-12(13)18-15(19)16/h5-8,10H,4H2,1-3H3,(H2,16,18). The van der Waals surface area contributed by atoms with Crippen molar-refractivity contribution < 1.29 is 0 Å². The van der Waals surface area contributed by atoms with Crippen LogP contribution in [0.1, 0.15) is 35.3 Å². The van der Waals surface area contributed by atoms with Gasteiger partial charge in [0.1, 0.15) is 5.01 Å². The van der Waals surface area contributed by atoms with Gasteiger partial charge in [-0.25, -0.2) is 9.97 Å². The van der Waals surface area contributed by atoms with Crippen LogP contribution >= 0.6 is 11.3 Å². The molecule has 0 amide bonds. The van der Waals surface area contributed by atoms with Crippen LogP contribution in [0.5, 0.6) is 0 Å². The van der Waals surface area contributed by atoms with E-state index in [9.17, 15) is 0 Å². The lowest BCUT2D eigenvalue weighted by Crippen LogP contribution is -2.09. The largest absolute Gasteiger partial charge is 0.369 e. The van der Waals surface area contributed by atoms with Crippen molar-refractivity contribution in [1.29, 1.82) is 0 Å². The van der Waals surface area contributed by atoms with E-state index in [1.165, 1.54) is 10.4 Å². The maximum Gasteiger partial charge on any atom is 0.201 e. The predicted molar refractivity (Wildman–Crippen MR) is 84.2 cm³/mol. The number of hydrogen-bond donors (Lipinski definition) is 1. The smallest absolute Gasteiger partial charge is 0.201 e. The molecule has 0 saturated heterocycles. The van der Waals surface area contributed by atoms with Crippen LogP contribution in [-0.2, 0) is 6.42 Å². The van der Waals surface area contributed by atoms with Crippen molar-refractivity contribution >= 4 is 28.3 Å². The highest BCUT2D eigenvalue weighted by Gasteiger charge is 2.18. The summed E-state index contributed by atoms with van der Waals surface area (Å²) in [6.45, 7) is 6.33. The third kappa shape index (κ3) is 2.08. The molecule has 2 N–H and O–H groups in total. The molecule has 3 aromatic rings. The molecule has 1 atom stereocenters. The van der Waals surface area contributed by atoms with Crippen LogP contribution in [0.25, 0.3) is 11.0 Å². The molecule has 0 saturated carbocycles. The highest BCUT2D eigenvalue weighted by atomic mass is 32.1. The summed E-state index contributed by atoms with van der Waals surface area (Å²) in [5, 5.41) is 1.08. The van der Waals surface area contributed by atoms with Crippen molar-refractivity contribution in [3.05, 3.63) is 39.8 Å². The first-order valence-corrected chi connectivity index (χ1v) is 7.60. The highest BCUT2D eigenvalue weighted by molar-refractivity contribution is 7.11. The van der Waals surface area contributed by atoms with Gasteiger partial charge in [0, 0.05) is 11.1 Å². The molecular formula is C15H18N4S. The molecule has 5 heteroatoms. The lowest BCUT2D eigenvalue weighted by atomic mass is 10.2. The SMILES string of the molecule is CCc1cnc(C(C)n2c(N)nc3cc(C)ccc32)s1. The zero-order chi connectivity index (χ0) is 14.3. The van der Waals surface area contributed by atoms with Gasteiger partial charge in [-0.1, -0.05) is 13.0 Å². The molecule has 0 radical (unpaired) electrons. The fourth-order valence-electron chi connectivity index (χ4n) is 2.42. The zero-order valence-electron chi connectivity index (χ0n) is 11.9. The molecule has 0 bridgehead atoms. The summed E-state index contributed by atoms with van der Waals surface area (Å²) < 4.78 is 2.06. The molecule has 4 nitrogen and oxygen atoms in total. The van der Waals surface area contributed by atoms with Crippen molar-refractivity contribution in [2.75, 3.05) is 5.73 Å². The van der Waals surface area contributed by atoms with Gasteiger partial charge in [0.05, 0.1) is 17.1 Å². The first-order chi connectivity index (χ1) is 9.60. The van der Waals surface area contributed by atoms with E-state index in [-0.39, 0.29) is 6.04 Å². The van der Waals surface area contributed by atoms with E-state index in [2.05, 4.69) is 53.5 Å².